The number of aromatic amines is 1. The van der Waals surface area contributed by atoms with Gasteiger partial charge in [-0.15, -0.1) is 11.3 Å². The number of ether oxygens (including phenoxy) is 1. The lowest BCUT2D eigenvalue weighted by atomic mass is 10.2. The molecule has 0 spiro atoms. The molecule has 3 N–H and O–H groups in total. The molecule has 9 nitrogen and oxygen atoms in total. The first-order valence-corrected chi connectivity index (χ1v) is 12.2. The van der Waals surface area contributed by atoms with Crippen molar-refractivity contribution in [2.24, 2.45) is 0 Å². The van der Waals surface area contributed by atoms with E-state index >= 15 is 0 Å². The van der Waals surface area contributed by atoms with Gasteiger partial charge in [-0.3, -0.25) is 19.7 Å². The van der Waals surface area contributed by atoms with Gasteiger partial charge in [-0.25, -0.2) is 4.98 Å². The van der Waals surface area contributed by atoms with Crippen molar-refractivity contribution in [2.75, 3.05) is 51.2 Å². The molecular weight excluding hydrogens is 452 g/mol. The number of aliphatic hydroxyl groups excluding tert-OH is 1. The highest BCUT2D eigenvalue weighted by molar-refractivity contribution is 7.18. The number of carbonyl (C=O) groups is 1. The molecule has 1 unspecified atom stereocenters. The first-order chi connectivity index (χ1) is 16.5. The molecule has 2 aromatic heterocycles. The zero-order valence-electron chi connectivity index (χ0n) is 19.0. The summed E-state index contributed by atoms with van der Waals surface area (Å²) < 4.78 is 6.93. The maximum Gasteiger partial charge on any atom is 0.238 e. The number of carbonyl (C=O) groups excluding carboxylic acids is 1. The number of benzene rings is 2. The molecule has 1 amide bonds. The highest BCUT2D eigenvalue weighted by Crippen LogP contribution is 2.25. The van der Waals surface area contributed by atoms with Crippen molar-refractivity contribution in [3.8, 4) is 5.75 Å². The van der Waals surface area contributed by atoms with Gasteiger partial charge in [0.05, 0.1) is 33.5 Å². The summed E-state index contributed by atoms with van der Waals surface area (Å²) >= 11 is 1.66. The van der Waals surface area contributed by atoms with E-state index in [0.29, 0.717) is 13.1 Å². The number of fused-ring (bicyclic) bond motifs is 2. The SMILES string of the molecule is Cc1nc2cc(OCC(O)CN3CCN(CC(=O)Nc4ccc5[nH]ncc5c4)CC3)ccc2s1. The van der Waals surface area contributed by atoms with Crippen molar-refractivity contribution >= 4 is 44.1 Å². The van der Waals surface area contributed by atoms with Crippen LogP contribution in [0.15, 0.2) is 42.6 Å². The molecule has 3 heterocycles. The first kappa shape index (κ1) is 22.7. The fraction of sp³-hybridized carbons (Fsp3) is 0.375. The largest absolute Gasteiger partial charge is 0.491 e. The van der Waals surface area contributed by atoms with Crippen LogP contribution in [-0.4, -0.2) is 88.0 Å². The molecule has 10 heteroatoms. The number of amides is 1. The summed E-state index contributed by atoms with van der Waals surface area (Å²) in [5.74, 6) is 0.691. The number of nitrogens with zero attached hydrogens (tertiary/aromatic N) is 4. The molecule has 1 aliphatic heterocycles. The molecule has 1 atom stereocenters. The van der Waals surface area contributed by atoms with Gasteiger partial charge in [-0.1, -0.05) is 0 Å². The van der Waals surface area contributed by atoms with Crippen LogP contribution >= 0.6 is 11.3 Å². The highest BCUT2D eigenvalue weighted by atomic mass is 32.1. The normalized spacial score (nSPS) is 16.2. The lowest BCUT2D eigenvalue weighted by Crippen LogP contribution is -2.50. The van der Waals surface area contributed by atoms with Gasteiger partial charge in [-0.2, -0.15) is 5.10 Å². The summed E-state index contributed by atoms with van der Waals surface area (Å²) in [6.45, 7) is 6.28. The maximum absolute atomic E-state index is 12.5. The van der Waals surface area contributed by atoms with Crippen LogP contribution in [-0.2, 0) is 4.79 Å². The van der Waals surface area contributed by atoms with Crippen molar-refractivity contribution in [2.45, 2.75) is 13.0 Å². The van der Waals surface area contributed by atoms with Crippen molar-refractivity contribution in [3.05, 3.63) is 47.6 Å². The Kier molecular flexibility index (Phi) is 6.73. The van der Waals surface area contributed by atoms with Crippen molar-refractivity contribution in [1.29, 1.82) is 0 Å². The Hall–Kier alpha value is -3.05. The number of H-pyrrole nitrogens is 1. The second kappa shape index (κ2) is 10.1. The topological polar surface area (TPSA) is 107 Å². The molecule has 1 saturated heterocycles. The van der Waals surface area contributed by atoms with Gasteiger partial charge in [0.15, 0.2) is 0 Å². The van der Waals surface area contributed by atoms with Crippen LogP contribution in [0.2, 0.25) is 0 Å². The minimum Gasteiger partial charge on any atom is -0.491 e. The van der Waals surface area contributed by atoms with Gasteiger partial charge in [0.25, 0.3) is 0 Å². The Balaban J connectivity index is 1.03. The van der Waals surface area contributed by atoms with E-state index in [2.05, 4.69) is 30.3 Å². The number of hydrogen-bond acceptors (Lipinski definition) is 8. The zero-order chi connectivity index (χ0) is 23.5. The number of hydrogen-bond donors (Lipinski definition) is 3. The third-order valence-corrected chi connectivity index (χ3v) is 6.89. The number of thiazole rings is 1. The predicted octanol–water partition coefficient (Wildman–Crippen LogP) is 2.48. The van der Waals surface area contributed by atoms with Gasteiger partial charge in [0, 0.05) is 49.9 Å². The van der Waals surface area contributed by atoms with Gasteiger partial charge < -0.3 is 15.2 Å². The van der Waals surface area contributed by atoms with Gasteiger partial charge >= 0.3 is 0 Å². The van der Waals surface area contributed by atoms with Crippen LogP contribution in [0, 0.1) is 6.92 Å². The smallest absolute Gasteiger partial charge is 0.238 e. The molecule has 0 saturated carbocycles. The van der Waals surface area contributed by atoms with Crippen molar-refractivity contribution in [3.63, 3.8) is 0 Å². The molecular formula is C24H28N6O3S. The Morgan fingerprint density at radius 2 is 2.03 bits per heavy atom. The fourth-order valence-electron chi connectivity index (χ4n) is 4.21. The maximum atomic E-state index is 12.5. The number of rotatable bonds is 8. The second-order valence-corrected chi connectivity index (χ2v) is 9.86. The molecule has 178 valence electrons. The lowest BCUT2D eigenvalue weighted by Gasteiger charge is -2.35. The number of anilines is 1. The molecule has 5 rings (SSSR count). The molecule has 0 aliphatic carbocycles. The Morgan fingerprint density at radius 1 is 1.21 bits per heavy atom. The fourth-order valence-corrected chi connectivity index (χ4v) is 5.02. The lowest BCUT2D eigenvalue weighted by molar-refractivity contribution is -0.117. The molecule has 4 aromatic rings. The Bertz CT molecular complexity index is 1280. The number of piperazine rings is 1. The van der Waals surface area contributed by atoms with Gasteiger partial charge in [0.2, 0.25) is 5.91 Å². The second-order valence-electron chi connectivity index (χ2n) is 8.62. The quantitative estimate of drug-likeness (QED) is 0.356. The van der Waals surface area contributed by atoms with Gasteiger partial charge in [-0.05, 0) is 37.3 Å². The number of nitrogens with one attached hydrogen (secondary N) is 2. The standard InChI is InChI=1S/C24H28N6O3S/c1-16-26-22-11-20(3-5-23(22)34-16)33-15-19(31)13-29-6-8-30(9-7-29)14-24(32)27-18-2-4-21-17(10-18)12-25-28-21/h2-5,10-12,19,31H,6-9,13-15H2,1H3,(H,25,28)(H,27,32). The summed E-state index contributed by atoms with van der Waals surface area (Å²) in [5, 5.41) is 22.3. The van der Waals surface area contributed by atoms with E-state index in [-0.39, 0.29) is 12.5 Å². The number of aromatic nitrogens is 3. The Labute approximate surface area is 201 Å². The van der Waals surface area contributed by atoms with E-state index in [4.69, 9.17) is 4.74 Å². The van der Waals surface area contributed by atoms with Crippen LogP contribution in [0.1, 0.15) is 5.01 Å². The van der Waals surface area contributed by atoms with E-state index < -0.39 is 6.10 Å². The minimum absolute atomic E-state index is 0.0306. The van der Waals surface area contributed by atoms with E-state index in [0.717, 1.165) is 63.7 Å². The van der Waals surface area contributed by atoms with Crippen LogP contribution in [0.5, 0.6) is 5.75 Å². The molecule has 2 aromatic carbocycles. The highest BCUT2D eigenvalue weighted by Gasteiger charge is 2.21. The van der Waals surface area contributed by atoms with Crippen LogP contribution in [0.3, 0.4) is 0 Å². The molecule has 1 aliphatic rings. The van der Waals surface area contributed by atoms with Crippen LogP contribution in [0.25, 0.3) is 21.1 Å². The predicted molar refractivity (Wildman–Crippen MR) is 133 cm³/mol. The summed E-state index contributed by atoms with van der Waals surface area (Å²) in [4.78, 5) is 21.3. The third-order valence-electron chi connectivity index (χ3n) is 5.93. The van der Waals surface area contributed by atoms with E-state index in [1.54, 1.807) is 17.5 Å². The minimum atomic E-state index is -0.583. The first-order valence-electron chi connectivity index (χ1n) is 11.4. The molecule has 34 heavy (non-hydrogen) atoms. The van der Waals surface area contributed by atoms with E-state index in [1.165, 1.54) is 0 Å². The van der Waals surface area contributed by atoms with Crippen LogP contribution in [0.4, 0.5) is 5.69 Å². The summed E-state index contributed by atoms with van der Waals surface area (Å²) in [6.07, 6.45) is 1.16. The average molecular weight is 481 g/mol. The number of β-amino-alcohol motifs (C(OH)–C–C–N with tert-alkyl or cyclic N) is 1. The van der Waals surface area contributed by atoms with Crippen molar-refractivity contribution < 1.29 is 14.6 Å². The Morgan fingerprint density at radius 3 is 2.88 bits per heavy atom. The summed E-state index contributed by atoms with van der Waals surface area (Å²) in [5.41, 5.74) is 2.64. The van der Waals surface area contributed by atoms with Crippen molar-refractivity contribution in [1.82, 2.24) is 25.0 Å². The van der Waals surface area contributed by atoms with Gasteiger partial charge in [0.1, 0.15) is 18.5 Å². The van der Waals surface area contributed by atoms with E-state index in [9.17, 15) is 9.90 Å². The van der Waals surface area contributed by atoms with E-state index in [1.807, 2.05) is 43.3 Å². The average Bonchev–Trinajstić information content (AvgIpc) is 3.43. The summed E-state index contributed by atoms with van der Waals surface area (Å²) in [7, 11) is 0. The monoisotopic (exact) mass is 480 g/mol. The molecule has 0 radical (unpaired) electrons. The van der Waals surface area contributed by atoms with Crippen LogP contribution < -0.4 is 10.1 Å². The summed E-state index contributed by atoms with van der Waals surface area (Å²) in [6, 6.07) is 11.5. The zero-order valence-corrected chi connectivity index (χ0v) is 19.8. The molecule has 0 bridgehead atoms. The number of aryl methyl sites for hydroxylation is 1. The third kappa shape index (κ3) is 5.53. The number of aliphatic hydroxyl groups is 1. The molecule has 1 fully saturated rings.